The van der Waals surface area contributed by atoms with Crippen LogP contribution in [0.4, 0.5) is 4.39 Å². The van der Waals surface area contributed by atoms with Gasteiger partial charge in [-0.05, 0) is 43.7 Å². The van der Waals surface area contributed by atoms with Crippen molar-refractivity contribution in [3.8, 4) is 0 Å². The molecule has 0 bridgehead atoms. The van der Waals surface area contributed by atoms with Crippen LogP contribution in [0.5, 0.6) is 0 Å². The number of amides is 1. The number of halogens is 1. The third kappa shape index (κ3) is 4.19. The van der Waals surface area contributed by atoms with Gasteiger partial charge in [-0.2, -0.15) is 0 Å². The van der Waals surface area contributed by atoms with E-state index in [1.165, 1.54) is 35.4 Å². The molecule has 1 saturated heterocycles. The third-order valence-corrected chi connectivity index (χ3v) is 6.41. The number of rotatable bonds is 5. The number of fused-ring (bicyclic) bond motifs is 1. The average molecular weight is 437 g/mol. The van der Waals surface area contributed by atoms with Crippen molar-refractivity contribution in [3.63, 3.8) is 0 Å². The first-order valence-electron chi connectivity index (χ1n) is 11.0. The normalized spacial score (nSPS) is 17.1. The number of likely N-dealkylation sites (tertiary alicyclic amines) is 1. The third-order valence-electron chi connectivity index (χ3n) is 6.41. The Morgan fingerprint density at radius 1 is 1.00 bits per heavy atom. The molecule has 0 atom stereocenters. The van der Waals surface area contributed by atoms with Crippen molar-refractivity contribution in [2.24, 2.45) is 5.92 Å². The lowest BCUT2D eigenvalue weighted by molar-refractivity contribution is -0.133. The predicted octanol–water partition coefficient (Wildman–Crippen LogP) is 1.91. The maximum atomic E-state index is 13.4. The molecular formula is C23H24FN5O3. The molecule has 32 heavy (non-hydrogen) atoms. The van der Waals surface area contributed by atoms with Crippen molar-refractivity contribution in [1.82, 2.24) is 24.0 Å². The molecule has 1 aliphatic carbocycles. The van der Waals surface area contributed by atoms with Gasteiger partial charge in [-0.1, -0.05) is 0 Å². The lowest BCUT2D eigenvalue weighted by atomic mass is 9.96. The molecule has 3 aromatic rings. The van der Waals surface area contributed by atoms with Crippen molar-refractivity contribution in [2.45, 2.75) is 44.7 Å². The van der Waals surface area contributed by atoms with Gasteiger partial charge in [-0.3, -0.25) is 23.5 Å². The Kier molecular flexibility index (Phi) is 5.32. The van der Waals surface area contributed by atoms with Gasteiger partial charge in [0.15, 0.2) is 0 Å². The van der Waals surface area contributed by atoms with Gasteiger partial charge in [0.2, 0.25) is 5.91 Å². The van der Waals surface area contributed by atoms with Crippen LogP contribution in [-0.4, -0.2) is 43.0 Å². The highest BCUT2D eigenvalue weighted by Gasteiger charge is 2.26. The van der Waals surface area contributed by atoms with Crippen molar-refractivity contribution in [3.05, 3.63) is 69.1 Å². The Morgan fingerprint density at radius 2 is 1.75 bits per heavy atom. The van der Waals surface area contributed by atoms with E-state index in [2.05, 4.69) is 9.97 Å². The van der Waals surface area contributed by atoms with Gasteiger partial charge in [-0.15, -0.1) is 0 Å². The molecule has 2 aromatic heterocycles. The summed E-state index contributed by atoms with van der Waals surface area (Å²) in [6.45, 7) is 1.65. The van der Waals surface area contributed by atoms with E-state index in [1.54, 1.807) is 15.5 Å². The summed E-state index contributed by atoms with van der Waals surface area (Å²) in [5, 5.41) is 0.397. The van der Waals surface area contributed by atoms with E-state index in [-0.39, 0.29) is 29.5 Å². The van der Waals surface area contributed by atoms with Gasteiger partial charge in [0, 0.05) is 37.7 Å². The van der Waals surface area contributed by atoms with Crippen LogP contribution < -0.4 is 11.1 Å². The topological polar surface area (TPSA) is 90.1 Å². The molecule has 0 radical (unpaired) electrons. The molecule has 2 fully saturated rings. The van der Waals surface area contributed by atoms with E-state index in [9.17, 15) is 18.8 Å². The Labute approximate surface area is 183 Å². The maximum absolute atomic E-state index is 13.4. The molecule has 166 valence electrons. The van der Waals surface area contributed by atoms with Gasteiger partial charge in [0.25, 0.3) is 11.1 Å². The van der Waals surface area contributed by atoms with E-state index < -0.39 is 5.82 Å². The molecule has 1 aliphatic heterocycles. The summed E-state index contributed by atoms with van der Waals surface area (Å²) in [7, 11) is 0. The van der Waals surface area contributed by atoms with Crippen LogP contribution in [0.1, 0.15) is 37.3 Å². The van der Waals surface area contributed by atoms with Crippen molar-refractivity contribution >= 4 is 16.8 Å². The summed E-state index contributed by atoms with van der Waals surface area (Å²) in [5.74, 6) is 0.117. The number of nitrogens with zero attached hydrogens (tertiary/aromatic N) is 5. The Morgan fingerprint density at radius 3 is 2.47 bits per heavy atom. The van der Waals surface area contributed by atoms with E-state index in [0.29, 0.717) is 36.5 Å². The number of hydrogen-bond acceptors (Lipinski definition) is 5. The molecule has 9 heteroatoms. The standard InChI is InChI=1S/C23H24FN5O3/c24-17-3-4-18-20(9-17)26-14-29(23(18)32)11-15-5-7-27(8-6-15)22(31)12-28-13-25-19(10-21(28)30)16-1-2-16/h3-4,9-10,13-16H,1-2,5-8,11-12H2. The number of benzene rings is 1. The van der Waals surface area contributed by atoms with Gasteiger partial charge >= 0.3 is 0 Å². The second-order valence-electron chi connectivity index (χ2n) is 8.74. The SMILES string of the molecule is O=C(Cn1cnc(C2CC2)cc1=O)N1CCC(Cn2cnc3cc(F)ccc3c2=O)CC1. The highest BCUT2D eigenvalue weighted by molar-refractivity contribution is 5.77. The van der Waals surface area contributed by atoms with Crippen molar-refractivity contribution in [2.75, 3.05) is 13.1 Å². The monoisotopic (exact) mass is 437 g/mol. The first-order valence-corrected chi connectivity index (χ1v) is 11.0. The fourth-order valence-electron chi connectivity index (χ4n) is 4.31. The summed E-state index contributed by atoms with van der Waals surface area (Å²) in [5.41, 5.74) is 0.799. The number of aromatic nitrogens is 4. The zero-order valence-corrected chi connectivity index (χ0v) is 17.6. The van der Waals surface area contributed by atoms with E-state index in [4.69, 9.17) is 0 Å². The Bertz CT molecular complexity index is 1290. The lowest BCUT2D eigenvalue weighted by Gasteiger charge is -2.32. The van der Waals surface area contributed by atoms with Gasteiger partial charge in [-0.25, -0.2) is 14.4 Å². The first kappa shape index (κ1) is 20.5. The molecule has 0 unspecified atom stereocenters. The number of hydrogen-bond donors (Lipinski definition) is 0. The Balaban J connectivity index is 1.19. The van der Waals surface area contributed by atoms with Gasteiger partial charge in [0.05, 0.1) is 29.3 Å². The minimum Gasteiger partial charge on any atom is -0.341 e. The van der Waals surface area contributed by atoms with E-state index in [1.807, 2.05) is 0 Å². The summed E-state index contributed by atoms with van der Waals surface area (Å²) >= 11 is 0. The number of carbonyl (C=O) groups excluding carboxylic acids is 1. The van der Waals surface area contributed by atoms with E-state index in [0.717, 1.165) is 31.4 Å². The predicted molar refractivity (Wildman–Crippen MR) is 116 cm³/mol. The van der Waals surface area contributed by atoms with Gasteiger partial charge < -0.3 is 4.90 Å². The molecular weight excluding hydrogens is 413 g/mol. The molecule has 1 saturated carbocycles. The summed E-state index contributed by atoms with van der Waals surface area (Å²) in [6, 6.07) is 5.53. The molecule has 0 N–H and O–H groups in total. The minimum absolute atomic E-state index is 0.00788. The van der Waals surface area contributed by atoms with Crippen molar-refractivity contribution in [1.29, 1.82) is 0 Å². The van der Waals surface area contributed by atoms with Crippen LogP contribution in [0.3, 0.4) is 0 Å². The van der Waals surface area contributed by atoms with Crippen LogP contribution in [0.15, 0.2) is 46.5 Å². The summed E-state index contributed by atoms with van der Waals surface area (Å²) in [6.07, 6.45) is 6.60. The molecule has 1 amide bonds. The first-order chi connectivity index (χ1) is 15.5. The zero-order valence-electron chi connectivity index (χ0n) is 17.6. The highest BCUT2D eigenvalue weighted by Crippen LogP contribution is 2.38. The van der Waals surface area contributed by atoms with Crippen LogP contribution in [0, 0.1) is 11.7 Å². The van der Waals surface area contributed by atoms with Crippen LogP contribution >= 0.6 is 0 Å². The summed E-state index contributed by atoms with van der Waals surface area (Å²) in [4.78, 5) is 48.0. The highest BCUT2D eigenvalue weighted by atomic mass is 19.1. The summed E-state index contributed by atoms with van der Waals surface area (Å²) < 4.78 is 16.3. The molecule has 0 spiro atoms. The Hall–Kier alpha value is -3.36. The molecule has 2 aliphatic rings. The van der Waals surface area contributed by atoms with Crippen LogP contribution in [0.2, 0.25) is 0 Å². The smallest absolute Gasteiger partial charge is 0.261 e. The van der Waals surface area contributed by atoms with E-state index >= 15 is 0 Å². The second-order valence-corrected chi connectivity index (χ2v) is 8.74. The van der Waals surface area contributed by atoms with Crippen LogP contribution in [-0.2, 0) is 17.9 Å². The quantitative estimate of drug-likeness (QED) is 0.608. The maximum Gasteiger partial charge on any atom is 0.261 e. The lowest BCUT2D eigenvalue weighted by Crippen LogP contribution is -2.42. The molecule has 8 nitrogen and oxygen atoms in total. The fraction of sp³-hybridized carbons (Fsp3) is 0.435. The average Bonchev–Trinajstić information content (AvgIpc) is 3.63. The van der Waals surface area contributed by atoms with Gasteiger partial charge in [0.1, 0.15) is 12.4 Å². The number of piperidine rings is 1. The van der Waals surface area contributed by atoms with Crippen molar-refractivity contribution < 1.29 is 9.18 Å². The fourth-order valence-corrected chi connectivity index (χ4v) is 4.31. The molecule has 5 rings (SSSR count). The largest absolute Gasteiger partial charge is 0.341 e. The zero-order chi connectivity index (χ0) is 22.2. The second kappa shape index (κ2) is 8.29. The molecule has 3 heterocycles. The minimum atomic E-state index is -0.420. The number of carbonyl (C=O) groups is 1. The van der Waals surface area contributed by atoms with Crippen LogP contribution in [0.25, 0.3) is 10.9 Å². The molecule has 1 aromatic carbocycles.